The maximum Gasteiger partial charge on any atom is 0.138 e. The zero-order valence-electron chi connectivity index (χ0n) is 10.00. The van der Waals surface area contributed by atoms with Crippen LogP contribution < -0.4 is 0 Å². The van der Waals surface area contributed by atoms with Gasteiger partial charge in [0.1, 0.15) is 17.4 Å². The van der Waals surface area contributed by atoms with Crippen LogP contribution in [0.1, 0.15) is 23.1 Å². The van der Waals surface area contributed by atoms with Crippen molar-refractivity contribution in [2.75, 3.05) is 0 Å². The Morgan fingerprint density at radius 3 is 2.78 bits per heavy atom. The van der Waals surface area contributed by atoms with E-state index in [1.165, 1.54) is 0 Å². The quantitative estimate of drug-likeness (QED) is 0.746. The van der Waals surface area contributed by atoms with Crippen LogP contribution in [0, 0.1) is 6.92 Å². The van der Waals surface area contributed by atoms with Crippen LogP contribution >= 0.6 is 0 Å². The van der Waals surface area contributed by atoms with Gasteiger partial charge in [-0.3, -0.25) is 4.98 Å². The fourth-order valence-corrected chi connectivity index (χ4v) is 2.08. The standard InChI is InChI=1S/C15H13NO2/c1-10-12(6-4-8-16-10)15(17)14-9-11-5-2-3-7-13(11)18-14/h2-9,15,17H,1H3. The van der Waals surface area contributed by atoms with Crippen molar-refractivity contribution in [3.8, 4) is 0 Å². The number of pyridine rings is 1. The lowest BCUT2D eigenvalue weighted by Gasteiger charge is -2.09. The molecule has 1 aromatic carbocycles. The lowest BCUT2D eigenvalue weighted by molar-refractivity contribution is 0.191. The molecule has 0 spiro atoms. The molecule has 0 amide bonds. The molecule has 3 aromatic rings. The third-order valence-corrected chi connectivity index (χ3v) is 3.06. The van der Waals surface area contributed by atoms with E-state index in [0.717, 1.165) is 22.2 Å². The lowest BCUT2D eigenvalue weighted by Crippen LogP contribution is -2.01. The second kappa shape index (κ2) is 4.27. The Balaban J connectivity index is 2.07. The predicted octanol–water partition coefficient (Wildman–Crippen LogP) is 3.22. The molecule has 1 atom stereocenters. The number of hydrogen-bond donors (Lipinski definition) is 1. The molecular weight excluding hydrogens is 226 g/mol. The Hall–Kier alpha value is -2.13. The molecule has 0 aliphatic heterocycles. The molecule has 0 fully saturated rings. The first-order valence-corrected chi connectivity index (χ1v) is 5.84. The summed E-state index contributed by atoms with van der Waals surface area (Å²) < 4.78 is 5.66. The van der Waals surface area contributed by atoms with E-state index in [2.05, 4.69) is 4.98 Å². The van der Waals surface area contributed by atoms with Crippen molar-refractivity contribution in [1.29, 1.82) is 0 Å². The Kier molecular flexibility index (Phi) is 2.61. The molecule has 18 heavy (non-hydrogen) atoms. The number of aliphatic hydroxyl groups excluding tert-OH is 1. The number of aromatic nitrogens is 1. The first-order chi connectivity index (χ1) is 8.75. The average Bonchev–Trinajstić information content (AvgIpc) is 2.82. The number of hydrogen-bond acceptors (Lipinski definition) is 3. The van der Waals surface area contributed by atoms with Gasteiger partial charge in [0.2, 0.25) is 0 Å². The number of nitrogens with zero attached hydrogens (tertiary/aromatic N) is 1. The van der Waals surface area contributed by atoms with Gasteiger partial charge < -0.3 is 9.52 Å². The normalized spacial score (nSPS) is 12.8. The van der Waals surface area contributed by atoms with Gasteiger partial charge in [0.15, 0.2) is 0 Å². The number of furan rings is 1. The highest BCUT2D eigenvalue weighted by Crippen LogP contribution is 2.28. The van der Waals surface area contributed by atoms with Gasteiger partial charge in [0.05, 0.1) is 0 Å². The Morgan fingerprint density at radius 1 is 1.17 bits per heavy atom. The van der Waals surface area contributed by atoms with E-state index in [9.17, 15) is 5.11 Å². The summed E-state index contributed by atoms with van der Waals surface area (Å²) in [7, 11) is 0. The van der Waals surface area contributed by atoms with Crippen molar-refractivity contribution in [2.24, 2.45) is 0 Å². The van der Waals surface area contributed by atoms with Crippen LogP contribution in [0.4, 0.5) is 0 Å². The van der Waals surface area contributed by atoms with E-state index in [4.69, 9.17) is 4.42 Å². The number of rotatable bonds is 2. The van der Waals surface area contributed by atoms with Crippen LogP contribution in [0.5, 0.6) is 0 Å². The molecule has 1 unspecified atom stereocenters. The molecule has 3 nitrogen and oxygen atoms in total. The third-order valence-electron chi connectivity index (χ3n) is 3.06. The van der Waals surface area contributed by atoms with Crippen LogP contribution in [0.2, 0.25) is 0 Å². The molecule has 0 radical (unpaired) electrons. The molecule has 0 aliphatic rings. The van der Waals surface area contributed by atoms with Crippen molar-refractivity contribution >= 4 is 11.0 Å². The Morgan fingerprint density at radius 2 is 2.00 bits per heavy atom. The highest BCUT2D eigenvalue weighted by molar-refractivity contribution is 5.77. The van der Waals surface area contributed by atoms with E-state index in [-0.39, 0.29) is 0 Å². The molecule has 0 saturated carbocycles. The smallest absolute Gasteiger partial charge is 0.138 e. The zero-order valence-corrected chi connectivity index (χ0v) is 10.00. The van der Waals surface area contributed by atoms with Crippen molar-refractivity contribution in [1.82, 2.24) is 4.98 Å². The minimum absolute atomic E-state index is 0.548. The summed E-state index contributed by atoms with van der Waals surface area (Å²) in [6.07, 6.45) is 0.940. The maximum absolute atomic E-state index is 10.3. The molecule has 0 bridgehead atoms. The number of aliphatic hydroxyl groups is 1. The maximum atomic E-state index is 10.3. The van der Waals surface area contributed by atoms with Crippen LogP contribution in [0.3, 0.4) is 0 Å². The van der Waals surface area contributed by atoms with E-state index in [0.29, 0.717) is 5.76 Å². The second-order valence-corrected chi connectivity index (χ2v) is 4.27. The number of benzene rings is 1. The van der Waals surface area contributed by atoms with E-state index in [1.807, 2.05) is 49.4 Å². The van der Waals surface area contributed by atoms with Crippen molar-refractivity contribution in [3.63, 3.8) is 0 Å². The molecule has 3 rings (SSSR count). The fraction of sp³-hybridized carbons (Fsp3) is 0.133. The van der Waals surface area contributed by atoms with Gasteiger partial charge in [-0.05, 0) is 25.1 Å². The second-order valence-electron chi connectivity index (χ2n) is 4.27. The molecule has 2 aromatic heterocycles. The fourth-order valence-electron chi connectivity index (χ4n) is 2.08. The topological polar surface area (TPSA) is 46.3 Å². The first-order valence-electron chi connectivity index (χ1n) is 5.84. The molecule has 2 heterocycles. The van der Waals surface area contributed by atoms with Gasteiger partial charge in [0, 0.05) is 22.8 Å². The molecule has 0 aliphatic carbocycles. The van der Waals surface area contributed by atoms with Gasteiger partial charge in [-0.1, -0.05) is 24.3 Å². The van der Waals surface area contributed by atoms with Gasteiger partial charge >= 0.3 is 0 Å². The molecule has 90 valence electrons. The van der Waals surface area contributed by atoms with Crippen LogP contribution in [-0.4, -0.2) is 10.1 Å². The number of para-hydroxylation sites is 1. The Bertz CT molecular complexity index is 655. The van der Waals surface area contributed by atoms with Gasteiger partial charge in [-0.25, -0.2) is 0 Å². The number of aryl methyl sites for hydroxylation is 1. The highest BCUT2D eigenvalue weighted by Gasteiger charge is 2.17. The summed E-state index contributed by atoms with van der Waals surface area (Å²) in [5.41, 5.74) is 2.37. The van der Waals surface area contributed by atoms with E-state index >= 15 is 0 Å². The average molecular weight is 239 g/mol. The summed E-state index contributed by atoms with van der Waals surface area (Å²) in [5.74, 6) is 0.548. The highest BCUT2D eigenvalue weighted by atomic mass is 16.4. The Labute approximate surface area is 105 Å². The molecule has 3 heteroatoms. The minimum Gasteiger partial charge on any atom is -0.458 e. The van der Waals surface area contributed by atoms with E-state index in [1.54, 1.807) is 6.20 Å². The first kappa shape index (κ1) is 11.0. The van der Waals surface area contributed by atoms with Crippen LogP contribution in [0.15, 0.2) is 53.1 Å². The summed E-state index contributed by atoms with van der Waals surface area (Å²) in [5, 5.41) is 11.3. The molecular formula is C15H13NO2. The van der Waals surface area contributed by atoms with Crippen LogP contribution in [0.25, 0.3) is 11.0 Å². The minimum atomic E-state index is -0.772. The van der Waals surface area contributed by atoms with Gasteiger partial charge in [-0.15, -0.1) is 0 Å². The summed E-state index contributed by atoms with van der Waals surface area (Å²) in [6, 6.07) is 13.3. The third kappa shape index (κ3) is 1.79. The summed E-state index contributed by atoms with van der Waals surface area (Å²) >= 11 is 0. The zero-order chi connectivity index (χ0) is 12.5. The van der Waals surface area contributed by atoms with Crippen molar-refractivity contribution < 1.29 is 9.52 Å². The predicted molar refractivity (Wildman–Crippen MR) is 69.2 cm³/mol. The SMILES string of the molecule is Cc1ncccc1C(O)c1cc2ccccc2o1. The summed E-state index contributed by atoms with van der Waals surface area (Å²) in [4.78, 5) is 4.18. The molecule has 0 saturated heterocycles. The summed E-state index contributed by atoms with van der Waals surface area (Å²) in [6.45, 7) is 1.88. The van der Waals surface area contributed by atoms with E-state index < -0.39 is 6.10 Å². The largest absolute Gasteiger partial charge is 0.458 e. The van der Waals surface area contributed by atoms with Gasteiger partial charge in [0.25, 0.3) is 0 Å². The van der Waals surface area contributed by atoms with Crippen molar-refractivity contribution in [2.45, 2.75) is 13.0 Å². The lowest BCUT2D eigenvalue weighted by atomic mass is 10.1. The monoisotopic (exact) mass is 239 g/mol. The number of fused-ring (bicyclic) bond motifs is 1. The van der Waals surface area contributed by atoms with Gasteiger partial charge in [-0.2, -0.15) is 0 Å². The molecule has 1 N–H and O–H groups in total. The van der Waals surface area contributed by atoms with Crippen molar-refractivity contribution in [3.05, 3.63) is 65.7 Å². The van der Waals surface area contributed by atoms with Crippen LogP contribution in [-0.2, 0) is 0 Å².